The molecule has 1 aliphatic heterocycles. The quantitative estimate of drug-likeness (QED) is 0.904. The Hall–Kier alpha value is -0.930. The van der Waals surface area contributed by atoms with Crippen LogP contribution in [0.4, 0.5) is 0 Å². The average Bonchev–Trinajstić information content (AvgIpc) is 2.92. The summed E-state index contributed by atoms with van der Waals surface area (Å²) in [4.78, 5) is 6.88. The summed E-state index contributed by atoms with van der Waals surface area (Å²) in [6, 6.07) is 4.98. The van der Waals surface area contributed by atoms with Gasteiger partial charge in [0.15, 0.2) is 0 Å². The van der Waals surface area contributed by atoms with Crippen molar-refractivity contribution >= 4 is 0 Å². The lowest BCUT2D eigenvalue weighted by Crippen LogP contribution is -2.62. The molecule has 3 nitrogen and oxygen atoms in total. The van der Waals surface area contributed by atoms with Crippen molar-refractivity contribution in [1.29, 1.82) is 0 Å². The Morgan fingerprint density at radius 3 is 2.74 bits per heavy atom. The number of aromatic nitrogens is 1. The number of hydrogen-bond donors (Lipinski definition) is 1. The number of piperazine rings is 1. The van der Waals surface area contributed by atoms with Crippen LogP contribution in [0.5, 0.6) is 0 Å². The van der Waals surface area contributed by atoms with Crippen molar-refractivity contribution in [3.63, 3.8) is 0 Å². The average molecular weight is 259 g/mol. The lowest BCUT2D eigenvalue weighted by Gasteiger charge is -2.48. The van der Waals surface area contributed by atoms with E-state index in [2.05, 4.69) is 34.3 Å². The summed E-state index contributed by atoms with van der Waals surface area (Å²) in [7, 11) is 0. The van der Waals surface area contributed by atoms with Crippen LogP contribution in [0.15, 0.2) is 24.5 Å². The minimum atomic E-state index is 0.426. The van der Waals surface area contributed by atoms with Gasteiger partial charge in [-0.1, -0.05) is 19.8 Å². The van der Waals surface area contributed by atoms with Crippen LogP contribution in [0.2, 0.25) is 0 Å². The molecule has 1 aromatic heterocycles. The van der Waals surface area contributed by atoms with E-state index in [-0.39, 0.29) is 0 Å². The fourth-order valence-corrected chi connectivity index (χ4v) is 3.71. The van der Waals surface area contributed by atoms with Gasteiger partial charge in [0.25, 0.3) is 0 Å². The van der Waals surface area contributed by atoms with E-state index in [1.807, 2.05) is 12.4 Å². The third kappa shape index (κ3) is 2.67. The lowest BCUT2D eigenvalue weighted by molar-refractivity contribution is 0.0349. The Bertz CT molecular complexity index is 398. The smallest absolute Gasteiger partial charge is 0.0338 e. The van der Waals surface area contributed by atoms with Gasteiger partial charge in [0, 0.05) is 43.6 Å². The molecule has 2 fully saturated rings. The van der Waals surface area contributed by atoms with Gasteiger partial charge in [0.1, 0.15) is 0 Å². The Labute approximate surface area is 116 Å². The molecule has 2 heterocycles. The fourth-order valence-electron chi connectivity index (χ4n) is 3.71. The van der Waals surface area contributed by atoms with Crippen LogP contribution in [0.1, 0.15) is 44.6 Å². The third-order valence-electron chi connectivity index (χ3n) is 4.98. The number of hydrogen-bond acceptors (Lipinski definition) is 3. The van der Waals surface area contributed by atoms with Crippen LogP contribution >= 0.6 is 0 Å². The highest BCUT2D eigenvalue weighted by Gasteiger charge is 2.42. The van der Waals surface area contributed by atoms with Gasteiger partial charge >= 0.3 is 0 Å². The predicted octanol–water partition coefficient (Wildman–Crippen LogP) is 2.58. The van der Waals surface area contributed by atoms with Gasteiger partial charge in [-0.05, 0) is 37.0 Å². The first-order valence-electron chi connectivity index (χ1n) is 7.70. The fraction of sp³-hybridized carbons (Fsp3) is 0.688. The van der Waals surface area contributed by atoms with E-state index < -0.39 is 0 Å². The Morgan fingerprint density at radius 1 is 1.32 bits per heavy atom. The summed E-state index contributed by atoms with van der Waals surface area (Å²) in [5, 5.41) is 3.76. The zero-order valence-electron chi connectivity index (χ0n) is 11.9. The first-order chi connectivity index (χ1) is 9.32. The number of nitrogens with one attached hydrogen (secondary N) is 1. The topological polar surface area (TPSA) is 28.2 Å². The minimum Gasteiger partial charge on any atom is -0.311 e. The molecule has 0 amide bonds. The highest BCUT2D eigenvalue weighted by atomic mass is 15.3. The summed E-state index contributed by atoms with van der Waals surface area (Å²) in [6.07, 6.45) is 10.6. The van der Waals surface area contributed by atoms with Crippen molar-refractivity contribution in [3.8, 4) is 0 Å². The summed E-state index contributed by atoms with van der Waals surface area (Å²) >= 11 is 0. The van der Waals surface area contributed by atoms with Gasteiger partial charge in [0.2, 0.25) is 0 Å². The molecule has 1 saturated heterocycles. The van der Waals surface area contributed by atoms with E-state index in [1.54, 1.807) is 0 Å². The van der Waals surface area contributed by atoms with E-state index in [0.717, 1.165) is 6.54 Å². The molecule has 1 saturated carbocycles. The van der Waals surface area contributed by atoms with Gasteiger partial charge in [-0.15, -0.1) is 0 Å². The molecule has 19 heavy (non-hydrogen) atoms. The molecule has 3 rings (SSSR count). The van der Waals surface area contributed by atoms with Gasteiger partial charge in [-0.3, -0.25) is 9.88 Å². The summed E-state index contributed by atoms with van der Waals surface area (Å²) in [5.74, 6) is 0. The second kappa shape index (κ2) is 5.59. The van der Waals surface area contributed by atoms with Crippen LogP contribution in [0.25, 0.3) is 0 Å². The van der Waals surface area contributed by atoms with Crippen LogP contribution in [0.3, 0.4) is 0 Å². The van der Waals surface area contributed by atoms with Crippen LogP contribution in [0, 0.1) is 0 Å². The van der Waals surface area contributed by atoms with E-state index in [9.17, 15) is 0 Å². The van der Waals surface area contributed by atoms with Crippen LogP contribution in [-0.2, 0) is 6.54 Å². The molecule has 1 unspecified atom stereocenters. The third-order valence-corrected chi connectivity index (χ3v) is 4.98. The second-order valence-electron chi connectivity index (χ2n) is 6.15. The summed E-state index contributed by atoms with van der Waals surface area (Å²) in [5.41, 5.74) is 1.83. The highest BCUT2D eigenvalue weighted by Crippen LogP contribution is 2.37. The molecule has 1 atom stereocenters. The van der Waals surface area contributed by atoms with Gasteiger partial charge in [-0.2, -0.15) is 0 Å². The maximum absolute atomic E-state index is 4.13. The van der Waals surface area contributed by atoms with E-state index in [1.165, 1.54) is 50.8 Å². The van der Waals surface area contributed by atoms with E-state index >= 15 is 0 Å². The first kappa shape index (κ1) is 13.1. The second-order valence-corrected chi connectivity index (χ2v) is 6.15. The van der Waals surface area contributed by atoms with Crippen LogP contribution in [-0.4, -0.2) is 34.6 Å². The minimum absolute atomic E-state index is 0.426. The normalized spacial score (nSPS) is 26.9. The van der Waals surface area contributed by atoms with Gasteiger partial charge in [-0.25, -0.2) is 0 Å². The molecule has 104 valence electrons. The first-order valence-corrected chi connectivity index (χ1v) is 7.70. The summed E-state index contributed by atoms with van der Waals surface area (Å²) in [6.45, 7) is 5.74. The van der Waals surface area contributed by atoms with Gasteiger partial charge < -0.3 is 5.32 Å². The number of pyridine rings is 1. The van der Waals surface area contributed by atoms with Crippen molar-refractivity contribution in [2.24, 2.45) is 0 Å². The molecule has 1 aromatic rings. The van der Waals surface area contributed by atoms with Gasteiger partial charge in [0.05, 0.1) is 0 Å². The zero-order chi connectivity index (χ0) is 13.1. The molecule has 1 spiro atoms. The maximum atomic E-state index is 4.13. The van der Waals surface area contributed by atoms with Crippen molar-refractivity contribution in [1.82, 2.24) is 15.2 Å². The molecule has 1 aliphatic carbocycles. The molecule has 0 radical (unpaired) electrons. The predicted molar refractivity (Wildman–Crippen MR) is 77.9 cm³/mol. The standard InChI is InChI=1S/C16H25N3/c1-2-15-12-19(11-14-5-9-17-10-6-14)16(13-18-15)7-3-4-8-16/h5-6,9-10,15,18H,2-4,7-8,11-13H2,1H3. The van der Waals surface area contributed by atoms with Crippen LogP contribution < -0.4 is 5.32 Å². The van der Waals surface area contributed by atoms with E-state index in [0.29, 0.717) is 11.6 Å². The maximum Gasteiger partial charge on any atom is 0.0338 e. The Morgan fingerprint density at radius 2 is 2.05 bits per heavy atom. The van der Waals surface area contributed by atoms with Crippen molar-refractivity contribution < 1.29 is 0 Å². The van der Waals surface area contributed by atoms with Crippen molar-refractivity contribution in [2.75, 3.05) is 13.1 Å². The monoisotopic (exact) mass is 259 g/mol. The zero-order valence-corrected chi connectivity index (χ0v) is 11.9. The Balaban J connectivity index is 1.77. The molecule has 3 heteroatoms. The molecule has 1 N–H and O–H groups in total. The van der Waals surface area contributed by atoms with Crippen molar-refractivity contribution in [2.45, 2.75) is 57.2 Å². The number of nitrogens with zero attached hydrogens (tertiary/aromatic N) is 2. The lowest BCUT2D eigenvalue weighted by atomic mass is 9.90. The molecular weight excluding hydrogens is 234 g/mol. The SMILES string of the molecule is CCC1CN(Cc2ccncc2)C2(CCCC2)CN1. The van der Waals surface area contributed by atoms with Crippen molar-refractivity contribution in [3.05, 3.63) is 30.1 Å². The largest absolute Gasteiger partial charge is 0.311 e. The molecular formula is C16H25N3. The molecule has 2 aliphatic rings. The molecule has 0 aromatic carbocycles. The molecule has 0 bridgehead atoms. The highest BCUT2D eigenvalue weighted by molar-refractivity contribution is 5.12. The Kier molecular flexibility index (Phi) is 3.85. The number of rotatable bonds is 3. The summed E-state index contributed by atoms with van der Waals surface area (Å²) < 4.78 is 0. The van der Waals surface area contributed by atoms with E-state index in [4.69, 9.17) is 0 Å².